The van der Waals surface area contributed by atoms with Crippen molar-refractivity contribution in [1.82, 2.24) is 10.3 Å². The molecule has 106 valence electrons. The van der Waals surface area contributed by atoms with Crippen molar-refractivity contribution in [3.05, 3.63) is 52.8 Å². The van der Waals surface area contributed by atoms with Crippen molar-refractivity contribution in [2.45, 2.75) is 11.4 Å². The summed E-state index contributed by atoms with van der Waals surface area (Å²) < 4.78 is 27.8. The molecule has 5 nitrogen and oxygen atoms in total. The van der Waals surface area contributed by atoms with E-state index in [0.717, 1.165) is 5.56 Å². The SMILES string of the molecule is CNCc1cccc(S(=O)(=O)Nc2ccncc2Br)c1. The van der Waals surface area contributed by atoms with E-state index in [1.807, 2.05) is 13.1 Å². The zero-order valence-electron chi connectivity index (χ0n) is 10.8. The second-order valence-electron chi connectivity index (χ2n) is 4.14. The molecule has 1 aromatic carbocycles. The van der Waals surface area contributed by atoms with Crippen LogP contribution in [0.4, 0.5) is 5.69 Å². The fourth-order valence-corrected chi connectivity index (χ4v) is 3.32. The highest BCUT2D eigenvalue weighted by Crippen LogP contribution is 2.23. The van der Waals surface area contributed by atoms with Gasteiger partial charge in [0.2, 0.25) is 0 Å². The summed E-state index contributed by atoms with van der Waals surface area (Å²) in [5, 5.41) is 2.99. The number of nitrogens with zero attached hydrogens (tertiary/aromatic N) is 1. The predicted molar refractivity (Wildman–Crippen MR) is 82.0 cm³/mol. The summed E-state index contributed by atoms with van der Waals surface area (Å²) in [6, 6.07) is 8.41. The average molecular weight is 356 g/mol. The molecular weight excluding hydrogens is 342 g/mol. The number of benzene rings is 1. The van der Waals surface area contributed by atoms with Crippen LogP contribution in [0.2, 0.25) is 0 Å². The van der Waals surface area contributed by atoms with Crippen molar-refractivity contribution in [2.24, 2.45) is 0 Å². The molecule has 2 rings (SSSR count). The van der Waals surface area contributed by atoms with Gasteiger partial charge in [-0.2, -0.15) is 0 Å². The van der Waals surface area contributed by atoms with Crippen LogP contribution in [-0.2, 0) is 16.6 Å². The number of hydrogen-bond acceptors (Lipinski definition) is 4. The highest BCUT2D eigenvalue weighted by molar-refractivity contribution is 9.10. The molecule has 0 spiro atoms. The van der Waals surface area contributed by atoms with Gasteiger partial charge in [-0.15, -0.1) is 0 Å². The lowest BCUT2D eigenvalue weighted by Gasteiger charge is -2.10. The third-order valence-electron chi connectivity index (χ3n) is 2.61. The van der Waals surface area contributed by atoms with Crippen LogP contribution >= 0.6 is 15.9 Å². The summed E-state index contributed by atoms with van der Waals surface area (Å²) in [7, 11) is -1.80. The molecule has 20 heavy (non-hydrogen) atoms. The minimum atomic E-state index is -3.61. The van der Waals surface area contributed by atoms with Crippen LogP contribution in [0.25, 0.3) is 0 Å². The van der Waals surface area contributed by atoms with Crippen LogP contribution in [0, 0.1) is 0 Å². The van der Waals surface area contributed by atoms with Crippen molar-refractivity contribution in [3.8, 4) is 0 Å². The number of nitrogens with one attached hydrogen (secondary N) is 2. The molecule has 2 aromatic rings. The third-order valence-corrected chi connectivity index (χ3v) is 4.60. The number of sulfonamides is 1. The van der Waals surface area contributed by atoms with Gasteiger partial charge in [-0.25, -0.2) is 8.42 Å². The zero-order chi connectivity index (χ0) is 14.6. The lowest BCUT2D eigenvalue weighted by molar-refractivity contribution is 0.601. The topological polar surface area (TPSA) is 71.1 Å². The lowest BCUT2D eigenvalue weighted by Crippen LogP contribution is -2.14. The molecular formula is C13H14BrN3O2S. The maximum atomic E-state index is 12.3. The van der Waals surface area contributed by atoms with Gasteiger partial charge >= 0.3 is 0 Å². The predicted octanol–water partition coefficient (Wildman–Crippen LogP) is 2.36. The molecule has 0 bridgehead atoms. The smallest absolute Gasteiger partial charge is 0.261 e. The summed E-state index contributed by atoms with van der Waals surface area (Å²) in [6.07, 6.45) is 3.06. The molecule has 0 aliphatic heterocycles. The van der Waals surface area contributed by atoms with E-state index < -0.39 is 10.0 Å². The molecule has 7 heteroatoms. The second kappa shape index (κ2) is 6.34. The molecule has 0 atom stereocenters. The number of pyridine rings is 1. The van der Waals surface area contributed by atoms with Gasteiger partial charge < -0.3 is 5.32 Å². The molecule has 0 unspecified atom stereocenters. The van der Waals surface area contributed by atoms with Gasteiger partial charge in [0.05, 0.1) is 15.1 Å². The number of anilines is 1. The molecule has 1 aromatic heterocycles. The van der Waals surface area contributed by atoms with E-state index in [4.69, 9.17) is 0 Å². The Kier molecular flexibility index (Phi) is 4.74. The van der Waals surface area contributed by atoms with Gasteiger partial charge in [-0.05, 0) is 46.7 Å². The first-order valence-electron chi connectivity index (χ1n) is 5.89. The highest BCUT2D eigenvalue weighted by atomic mass is 79.9. The van der Waals surface area contributed by atoms with Gasteiger partial charge in [0, 0.05) is 18.9 Å². The number of halogens is 1. The van der Waals surface area contributed by atoms with Crippen molar-refractivity contribution in [2.75, 3.05) is 11.8 Å². The fraction of sp³-hybridized carbons (Fsp3) is 0.154. The summed E-state index contributed by atoms with van der Waals surface area (Å²) in [5.41, 5.74) is 1.36. The number of rotatable bonds is 5. The molecule has 0 aliphatic rings. The first-order chi connectivity index (χ1) is 9.53. The minimum Gasteiger partial charge on any atom is -0.316 e. The Hall–Kier alpha value is -1.44. The number of hydrogen-bond donors (Lipinski definition) is 2. The molecule has 0 aliphatic carbocycles. The molecule has 0 saturated heterocycles. The quantitative estimate of drug-likeness (QED) is 0.863. The van der Waals surface area contributed by atoms with E-state index >= 15 is 0 Å². The Morgan fingerprint density at radius 3 is 2.80 bits per heavy atom. The van der Waals surface area contributed by atoms with Gasteiger partial charge in [-0.1, -0.05) is 12.1 Å². The second-order valence-corrected chi connectivity index (χ2v) is 6.68. The van der Waals surface area contributed by atoms with Crippen molar-refractivity contribution in [3.63, 3.8) is 0 Å². The molecule has 0 fully saturated rings. The maximum absolute atomic E-state index is 12.3. The van der Waals surface area contributed by atoms with E-state index in [0.29, 0.717) is 16.7 Å². The van der Waals surface area contributed by atoms with Crippen LogP contribution in [0.15, 0.2) is 52.1 Å². The van der Waals surface area contributed by atoms with E-state index in [1.54, 1.807) is 24.3 Å². The van der Waals surface area contributed by atoms with E-state index in [-0.39, 0.29) is 4.90 Å². The van der Waals surface area contributed by atoms with Crippen molar-refractivity contribution in [1.29, 1.82) is 0 Å². The normalized spacial score (nSPS) is 11.3. The standard InChI is InChI=1S/C13H14BrN3O2S/c1-15-8-10-3-2-4-11(7-10)20(18,19)17-13-5-6-16-9-12(13)14/h2-7,9,15H,8H2,1H3,(H,16,17). The first-order valence-corrected chi connectivity index (χ1v) is 8.16. The Bertz CT molecular complexity index is 704. The fourth-order valence-electron chi connectivity index (χ4n) is 1.69. The van der Waals surface area contributed by atoms with Crippen molar-refractivity contribution < 1.29 is 8.42 Å². The van der Waals surface area contributed by atoms with Gasteiger partial charge in [0.25, 0.3) is 10.0 Å². The van der Waals surface area contributed by atoms with E-state index in [1.165, 1.54) is 12.4 Å². The Morgan fingerprint density at radius 1 is 1.30 bits per heavy atom. The minimum absolute atomic E-state index is 0.231. The maximum Gasteiger partial charge on any atom is 0.261 e. The summed E-state index contributed by atoms with van der Waals surface area (Å²) >= 11 is 3.26. The monoisotopic (exact) mass is 355 g/mol. The first kappa shape index (κ1) is 15.0. The molecule has 0 radical (unpaired) electrons. The zero-order valence-corrected chi connectivity index (χ0v) is 13.2. The van der Waals surface area contributed by atoms with Crippen LogP contribution in [-0.4, -0.2) is 20.4 Å². The number of aromatic nitrogens is 1. The van der Waals surface area contributed by atoms with Crippen LogP contribution in [0.3, 0.4) is 0 Å². The largest absolute Gasteiger partial charge is 0.316 e. The van der Waals surface area contributed by atoms with Crippen LogP contribution in [0.1, 0.15) is 5.56 Å². The highest BCUT2D eigenvalue weighted by Gasteiger charge is 2.15. The molecule has 1 heterocycles. The van der Waals surface area contributed by atoms with Crippen LogP contribution in [0.5, 0.6) is 0 Å². The Labute approximate surface area is 126 Å². The summed E-state index contributed by atoms with van der Waals surface area (Å²) in [6.45, 7) is 0.613. The van der Waals surface area contributed by atoms with Gasteiger partial charge in [0.15, 0.2) is 0 Å². The van der Waals surface area contributed by atoms with Gasteiger partial charge in [-0.3, -0.25) is 9.71 Å². The molecule has 0 amide bonds. The third kappa shape index (κ3) is 3.56. The van der Waals surface area contributed by atoms with E-state index in [2.05, 4.69) is 31.0 Å². The van der Waals surface area contributed by atoms with Gasteiger partial charge in [0.1, 0.15) is 0 Å². The Balaban J connectivity index is 2.31. The average Bonchev–Trinajstić information content (AvgIpc) is 2.42. The van der Waals surface area contributed by atoms with Crippen LogP contribution < -0.4 is 10.0 Å². The lowest BCUT2D eigenvalue weighted by atomic mass is 10.2. The molecule has 0 saturated carbocycles. The summed E-state index contributed by atoms with van der Waals surface area (Å²) in [4.78, 5) is 4.13. The Morgan fingerprint density at radius 2 is 2.10 bits per heavy atom. The summed E-state index contributed by atoms with van der Waals surface area (Å²) in [5.74, 6) is 0. The van der Waals surface area contributed by atoms with Crippen molar-refractivity contribution >= 4 is 31.6 Å². The molecule has 2 N–H and O–H groups in total. The van der Waals surface area contributed by atoms with E-state index in [9.17, 15) is 8.42 Å².